The third-order valence-corrected chi connectivity index (χ3v) is 3.02. The topological polar surface area (TPSA) is 59.8 Å². The molecule has 2 rings (SSSR count). The zero-order chi connectivity index (χ0) is 11.9. The van der Waals surface area contributed by atoms with Crippen LogP contribution in [-0.2, 0) is 10.5 Å². The Morgan fingerprint density at radius 3 is 2.56 bits per heavy atom. The standard InChI is InChI=1S/C11H12N4OS.ClH/c16-11(14-15-8-12-13-9-15)7-17-6-10-4-2-1-3-5-10;/h1-5,8-9H,6-7H2,(H,14,16);1H. The number of hydrogen-bond acceptors (Lipinski definition) is 4. The molecule has 5 nitrogen and oxygen atoms in total. The van der Waals surface area contributed by atoms with Crippen LogP contribution in [0.4, 0.5) is 0 Å². The molecule has 0 aliphatic heterocycles. The average molecular weight is 285 g/mol. The number of halogens is 1. The van der Waals surface area contributed by atoms with Gasteiger partial charge in [-0.2, -0.15) is 0 Å². The molecule has 0 saturated carbocycles. The molecular weight excluding hydrogens is 272 g/mol. The SMILES string of the molecule is Cl.O=C(CSCc1ccccc1)Nn1cnnc1. The van der Waals surface area contributed by atoms with Crippen molar-refractivity contribution in [2.75, 3.05) is 11.2 Å². The third kappa shape index (κ3) is 4.77. The zero-order valence-electron chi connectivity index (χ0n) is 9.52. The van der Waals surface area contributed by atoms with Crippen LogP contribution in [0.2, 0.25) is 0 Å². The van der Waals surface area contributed by atoms with E-state index in [1.165, 1.54) is 22.9 Å². The Labute approximate surface area is 115 Å². The predicted octanol–water partition coefficient (Wildman–Crippen LogP) is 1.70. The van der Waals surface area contributed by atoms with Crippen molar-refractivity contribution in [1.29, 1.82) is 0 Å². The summed E-state index contributed by atoms with van der Waals surface area (Å²) in [4.78, 5) is 11.5. The molecule has 1 N–H and O–H groups in total. The molecule has 18 heavy (non-hydrogen) atoms. The summed E-state index contributed by atoms with van der Waals surface area (Å²) in [6.07, 6.45) is 2.89. The maximum absolute atomic E-state index is 11.5. The van der Waals surface area contributed by atoms with Crippen LogP contribution >= 0.6 is 24.2 Å². The Balaban J connectivity index is 0.00000162. The highest BCUT2D eigenvalue weighted by Gasteiger charge is 2.02. The van der Waals surface area contributed by atoms with Crippen molar-refractivity contribution >= 4 is 30.1 Å². The number of nitrogens with zero attached hydrogens (tertiary/aromatic N) is 3. The van der Waals surface area contributed by atoms with Gasteiger partial charge in [-0.05, 0) is 5.56 Å². The molecule has 0 spiro atoms. The Bertz CT molecular complexity index is 463. The minimum absolute atomic E-state index is 0. The number of carbonyl (C=O) groups is 1. The molecule has 0 radical (unpaired) electrons. The zero-order valence-corrected chi connectivity index (χ0v) is 11.2. The van der Waals surface area contributed by atoms with Gasteiger partial charge in [0.15, 0.2) is 0 Å². The van der Waals surface area contributed by atoms with E-state index in [-0.39, 0.29) is 18.3 Å². The molecule has 1 heterocycles. The second-order valence-electron chi connectivity index (χ2n) is 3.38. The number of aromatic nitrogens is 3. The summed E-state index contributed by atoms with van der Waals surface area (Å²) in [6, 6.07) is 10.1. The number of amides is 1. The van der Waals surface area contributed by atoms with E-state index in [1.807, 2.05) is 30.3 Å². The minimum atomic E-state index is -0.0641. The van der Waals surface area contributed by atoms with E-state index < -0.39 is 0 Å². The van der Waals surface area contributed by atoms with Crippen molar-refractivity contribution in [3.05, 3.63) is 48.5 Å². The fraction of sp³-hybridized carbons (Fsp3) is 0.182. The number of nitrogens with one attached hydrogen (secondary N) is 1. The van der Waals surface area contributed by atoms with Gasteiger partial charge < -0.3 is 0 Å². The molecule has 0 aliphatic carbocycles. The summed E-state index contributed by atoms with van der Waals surface area (Å²) in [7, 11) is 0. The summed E-state index contributed by atoms with van der Waals surface area (Å²) in [5.74, 6) is 1.18. The van der Waals surface area contributed by atoms with E-state index in [0.717, 1.165) is 5.75 Å². The summed E-state index contributed by atoms with van der Waals surface area (Å²) in [5, 5.41) is 7.19. The van der Waals surface area contributed by atoms with Crippen molar-refractivity contribution in [2.45, 2.75) is 5.75 Å². The fourth-order valence-corrected chi connectivity index (χ4v) is 2.05. The third-order valence-electron chi connectivity index (χ3n) is 2.02. The maximum Gasteiger partial charge on any atom is 0.248 e. The van der Waals surface area contributed by atoms with Crippen LogP contribution in [0.25, 0.3) is 0 Å². The highest BCUT2D eigenvalue weighted by molar-refractivity contribution is 7.99. The van der Waals surface area contributed by atoms with Gasteiger partial charge in [-0.1, -0.05) is 30.3 Å². The predicted molar refractivity (Wildman–Crippen MR) is 74.2 cm³/mol. The first kappa shape index (κ1) is 14.5. The van der Waals surface area contributed by atoms with Crippen LogP contribution in [-0.4, -0.2) is 26.5 Å². The summed E-state index contributed by atoms with van der Waals surface area (Å²) in [6.45, 7) is 0. The van der Waals surface area contributed by atoms with Gasteiger partial charge in [0, 0.05) is 5.75 Å². The lowest BCUT2D eigenvalue weighted by Gasteiger charge is -2.04. The van der Waals surface area contributed by atoms with Gasteiger partial charge in [-0.3, -0.25) is 10.2 Å². The van der Waals surface area contributed by atoms with Gasteiger partial charge in [0.2, 0.25) is 5.91 Å². The molecule has 96 valence electrons. The van der Waals surface area contributed by atoms with Crippen molar-refractivity contribution in [3.63, 3.8) is 0 Å². The van der Waals surface area contributed by atoms with Gasteiger partial charge in [-0.15, -0.1) is 34.4 Å². The second kappa shape index (κ2) is 7.73. The van der Waals surface area contributed by atoms with Gasteiger partial charge in [0.05, 0.1) is 5.75 Å². The Morgan fingerprint density at radius 2 is 1.89 bits per heavy atom. The molecule has 0 bridgehead atoms. The van der Waals surface area contributed by atoms with Crippen LogP contribution in [0.1, 0.15) is 5.56 Å². The Morgan fingerprint density at radius 1 is 1.22 bits per heavy atom. The molecule has 0 saturated heterocycles. The molecule has 0 fully saturated rings. The monoisotopic (exact) mass is 284 g/mol. The van der Waals surface area contributed by atoms with E-state index in [1.54, 1.807) is 11.8 Å². The van der Waals surface area contributed by atoms with Gasteiger partial charge >= 0.3 is 0 Å². The average Bonchev–Trinajstić information content (AvgIpc) is 2.83. The van der Waals surface area contributed by atoms with Crippen LogP contribution in [0.15, 0.2) is 43.0 Å². The van der Waals surface area contributed by atoms with E-state index in [4.69, 9.17) is 0 Å². The van der Waals surface area contributed by atoms with Crippen molar-refractivity contribution in [3.8, 4) is 0 Å². The van der Waals surface area contributed by atoms with Gasteiger partial charge in [0.1, 0.15) is 12.7 Å². The maximum atomic E-state index is 11.5. The van der Waals surface area contributed by atoms with Crippen molar-refractivity contribution in [2.24, 2.45) is 0 Å². The van der Waals surface area contributed by atoms with Crippen LogP contribution in [0.3, 0.4) is 0 Å². The number of thioether (sulfide) groups is 1. The van der Waals surface area contributed by atoms with E-state index >= 15 is 0 Å². The highest BCUT2D eigenvalue weighted by atomic mass is 35.5. The first-order chi connectivity index (χ1) is 8.34. The molecule has 0 unspecified atom stereocenters. The fourth-order valence-electron chi connectivity index (χ4n) is 1.27. The normalized spacial score (nSPS) is 9.56. The number of benzene rings is 1. The molecule has 0 atom stereocenters. The molecule has 1 amide bonds. The van der Waals surface area contributed by atoms with Crippen molar-refractivity contribution < 1.29 is 4.79 Å². The van der Waals surface area contributed by atoms with Crippen LogP contribution in [0, 0.1) is 0 Å². The molecular formula is C11H13ClN4OS. The number of hydrogen-bond donors (Lipinski definition) is 1. The Hall–Kier alpha value is -1.53. The smallest absolute Gasteiger partial charge is 0.248 e. The van der Waals surface area contributed by atoms with E-state index in [9.17, 15) is 4.79 Å². The van der Waals surface area contributed by atoms with E-state index in [0.29, 0.717) is 5.75 Å². The van der Waals surface area contributed by atoms with Gasteiger partial charge in [-0.25, -0.2) is 4.68 Å². The molecule has 1 aromatic heterocycles. The van der Waals surface area contributed by atoms with Crippen molar-refractivity contribution in [1.82, 2.24) is 14.9 Å². The quantitative estimate of drug-likeness (QED) is 0.908. The first-order valence-electron chi connectivity index (χ1n) is 5.11. The lowest BCUT2D eigenvalue weighted by atomic mass is 10.2. The molecule has 2 aromatic rings. The van der Waals surface area contributed by atoms with E-state index in [2.05, 4.69) is 15.6 Å². The van der Waals surface area contributed by atoms with Gasteiger partial charge in [0.25, 0.3) is 0 Å². The summed E-state index contributed by atoms with van der Waals surface area (Å²) in [5.41, 5.74) is 3.86. The second-order valence-corrected chi connectivity index (χ2v) is 4.37. The lowest BCUT2D eigenvalue weighted by molar-refractivity contribution is -0.114. The number of carbonyl (C=O) groups excluding carboxylic acids is 1. The lowest BCUT2D eigenvalue weighted by Crippen LogP contribution is -2.23. The molecule has 0 aliphatic rings. The summed E-state index contributed by atoms with van der Waals surface area (Å²) >= 11 is 1.57. The first-order valence-corrected chi connectivity index (χ1v) is 6.26. The van der Waals surface area contributed by atoms with Crippen LogP contribution in [0.5, 0.6) is 0 Å². The Kier molecular flexibility index (Phi) is 6.24. The molecule has 1 aromatic carbocycles. The molecule has 7 heteroatoms. The highest BCUT2D eigenvalue weighted by Crippen LogP contribution is 2.10. The minimum Gasteiger partial charge on any atom is -0.272 e. The largest absolute Gasteiger partial charge is 0.272 e. The summed E-state index contributed by atoms with van der Waals surface area (Å²) < 4.78 is 1.44. The number of rotatable bonds is 5. The van der Waals surface area contributed by atoms with Crippen LogP contribution < -0.4 is 5.43 Å².